The molecule has 0 aliphatic rings. The number of nitrogens with zero attached hydrogens (tertiary/aromatic N) is 1. The van der Waals surface area contributed by atoms with Gasteiger partial charge in [-0.3, -0.25) is 4.98 Å². The molecule has 0 aromatic carbocycles. The Hall–Kier alpha value is -0.930. The van der Waals surface area contributed by atoms with Crippen LogP contribution in [0.2, 0.25) is 0 Å². The second-order valence-electron chi connectivity index (χ2n) is 4.79. The molecule has 0 saturated heterocycles. The van der Waals surface area contributed by atoms with E-state index >= 15 is 0 Å². The van der Waals surface area contributed by atoms with Crippen LogP contribution in [0.1, 0.15) is 50.3 Å². The Balaban J connectivity index is 2.88. The highest BCUT2D eigenvalue weighted by Gasteiger charge is 2.22. The molecule has 102 valence electrons. The summed E-state index contributed by atoms with van der Waals surface area (Å²) in [6, 6.07) is 2.43. The molecule has 1 N–H and O–H groups in total. The molecule has 0 saturated carbocycles. The van der Waals surface area contributed by atoms with Gasteiger partial charge in [-0.2, -0.15) is 0 Å². The number of ether oxygens (including phenoxy) is 1. The Labute approximate surface area is 111 Å². The third-order valence-electron chi connectivity index (χ3n) is 3.12. The maximum absolute atomic E-state index is 5.65. The minimum Gasteiger partial charge on any atom is -0.379 e. The van der Waals surface area contributed by atoms with Crippen molar-refractivity contribution in [2.75, 3.05) is 13.7 Å². The van der Waals surface area contributed by atoms with Gasteiger partial charge in [0.25, 0.3) is 0 Å². The maximum atomic E-state index is 5.65. The first kappa shape index (κ1) is 15.1. The average molecular weight is 250 g/mol. The zero-order chi connectivity index (χ0) is 13.4. The molecule has 0 bridgehead atoms. The number of methoxy groups -OCH3 is 1. The Morgan fingerprint density at radius 3 is 2.61 bits per heavy atom. The summed E-state index contributed by atoms with van der Waals surface area (Å²) in [4.78, 5) is 4.29. The van der Waals surface area contributed by atoms with E-state index in [-0.39, 0.29) is 12.1 Å². The third-order valence-corrected chi connectivity index (χ3v) is 3.12. The van der Waals surface area contributed by atoms with Gasteiger partial charge in [-0.1, -0.05) is 26.3 Å². The van der Waals surface area contributed by atoms with Crippen LogP contribution in [0.25, 0.3) is 0 Å². The van der Waals surface area contributed by atoms with E-state index in [0.717, 1.165) is 25.8 Å². The van der Waals surface area contributed by atoms with Gasteiger partial charge in [0.15, 0.2) is 0 Å². The normalized spacial score (nSPS) is 14.4. The third kappa shape index (κ3) is 4.39. The second-order valence-corrected chi connectivity index (χ2v) is 4.79. The molecule has 0 radical (unpaired) electrons. The van der Waals surface area contributed by atoms with Crippen molar-refractivity contribution in [3.63, 3.8) is 0 Å². The summed E-state index contributed by atoms with van der Waals surface area (Å²) < 4.78 is 5.65. The summed E-state index contributed by atoms with van der Waals surface area (Å²) in [7, 11) is 1.80. The molecule has 0 aliphatic heterocycles. The molecule has 18 heavy (non-hydrogen) atoms. The molecule has 1 aromatic heterocycles. The largest absolute Gasteiger partial charge is 0.379 e. The molecule has 2 atom stereocenters. The summed E-state index contributed by atoms with van der Waals surface area (Å²) >= 11 is 0. The van der Waals surface area contributed by atoms with Crippen molar-refractivity contribution in [3.05, 3.63) is 29.6 Å². The Morgan fingerprint density at radius 1 is 1.28 bits per heavy atom. The van der Waals surface area contributed by atoms with Crippen LogP contribution < -0.4 is 5.32 Å². The van der Waals surface area contributed by atoms with Crippen LogP contribution in [0.15, 0.2) is 18.5 Å². The lowest BCUT2D eigenvalue weighted by atomic mass is 9.98. The zero-order valence-corrected chi connectivity index (χ0v) is 12.1. The van der Waals surface area contributed by atoms with Crippen molar-refractivity contribution in [3.8, 4) is 0 Å². The molecular weight excluding hydrogens is 224 g/mol. The number of hydrogen-bond acceptors (Lipinski definition) is 3. The fraction of sp³-hybridized carbons (Fsp3) is 0.667. The number of rotatable bonds is 8. The molecular formula is C15H26N2O. The second kappa shape index (κ2) is 8.22. The summed E-state index contributed by atoms with van der Waals surface area (Å²) in [5.41, 5.74) is 2.42. The van der Waals surface area contributed by atoms with Gasteiger partial charge in [-0.15, -0.1) is 0 Å². The van der Waals surface area contributed by atoms with Crippen LogP contribution in [-0.4, -0.2) is 24.7 Å². The minimum atomic E-state index is 0.213. The predicted molar refractivity (Wildman–Crippen MR) is 75.7 cm³/mol. The van der Waals surface area contributed by atoms with Crippen molar-refractivity contribution in [2.24, 2.45) is 0 Å². The zero-order valence-electron chi connectivity index (χ0n) is 12.1. The van der Waals surface area contributed by atoms with E-state index in [9.17, 15) is 0 Å². The lowest BCUT2D eigenvalue weighted by Gasteiger charge is -2.27. The number of nitrogens with one attached hydrogen (secondary N) is 1. The van der Waals surface area contributed by atoms with E-state index in [1.54, 1.807) is 7.11 Å². The fourth-order valence-corrected chi connectivity index (χ4v) is 2.22. The standard InChI is InChI=1S/C15H26N2O/c1-5-7-14(18-4)15(17-8-6-2)13-9-12(3)10-16-11-13/h9-11,14-15,17H,5-8H2,1-4H3. The quantitative estimate of drug-likeness (QED) is 0.769. The summed E-state index contributed by atoms with van der Waals surface area (Å²) in [5, 5.41) is 3.58. The molecule has 0 spiro atoms. The van der Waals surface area contributed by atoms with Crippen LogP contribution in [0.4, 0.5) is 0 Å². The molecule has 2 unspecified atom stereocenters. The SMILES string of the molecule is CCCNC(c1cncc(C)c1)C(CCC)OC. The monoisotopic (exact) mass is 250 g/mol. The van der Waals surface area contributed by atoms with E-state index in [2.05, 4.69) is 37.1 Å². The molecule has 0 fully saturated rings. The van der Waals surface area contributed by atoms with Gasteiger partial charge in [0.2, 0.25) is 0 Å². The molecule has 3 nitrogen and oxygen atoms in total. The van der Waals surface area contributed by atoms with Gasteiger partial charge in [0.1, 0.15) is 0 Å². The van der Waals surface area contributed by atoms with E-state index in [0.29, 0.717) is 0 Å². The van der Waals surface area contributed by atoms with Gasteiger partial charge >= 0.3 is 0 Å². The van der Waals surface area contributed by atoms with Crippen molar-refractivity contribution in [2.45, 2.75) is 52.2 Å². The van der Waals surface area contributed by atoms with Crippen LogP contribution in [-0.2, 0) is 4.74 Å². The summed E-state index contributed by atoms with van der Waals surface area (Å²) in [5.74, 6) is 0. The van der Waals surface area contributed by atoms with E-state index in [1.807, 2.05) is 12.4 Å². The van der Waals surface area contributed by atoms with E-state index < -0.39 is 0 Å². The van der Waals surface area contributed by atoms with E-state index in [1.165, 1.54) is 11.1 Å². The molecule has 1 heterocycles. The van der Waals surface area contributed by atoms with Crippen molar-refractivity contribution < 1.29 is 4.74 Å². The molecule has 0 amide bonds. The number of hydrogen-bond donors (Lipinski definition) is 1. The number of aromatic nitrogens is 1. The Morgan fingerprint density at radius 2 is 2.06 bits per heavy atom. The van der Waals surface area contributed by atoms with Gasteiger partial charge in [0, 0.05) is 19.5 Å². The highest BCUT2D eigenvalue weighted by atomic mass is 16.5. The minimum absolute atomic E-state index is 0.213. The predicted octanol–water partition coefficient (Wildman–Crippen LogP) is 3.25. The Kier molecular flexibility index (Phi) is 6.91. The van der Waals surface area contributed by atoms with Crippen LogP contribution in [0.3, 0.4) is 0 Å². The molecule has 0 aliphatic carbocycles. The van der Waals surface area contributed by atoms with E-state index in [4.69, 9.17) is 4.74 Å². The molecule has 3 heteroatoms. The Bertz CT molecular complexity index is 341. The topological polar surface area (TPSA) is 34.2 Å². The first-order valence-electron chi connectivity index (χ1n) is 6.90. The lowest BCUT2D eigenvalue weighted by Crippen LogP contribution is -2.34. The number of aryl methyl sites for hydroxylation is 1. The van der Waals surface area contributed by atoms with Gasteiger partial charge in [0.05, 0.1) is 12.1 Å². The highest BCUT2D eigenvalue weighted by Crippen LogP contribution is 2.22. The summed E-state index contributed by atoms with van der Waals surface area (Å²) in [6.45, 7) is 7.45. The van der Waals surface area contributed by atoms with Gasteiger partial charge in [-0.05, 0) is 37.4 Å². The van der Waals surface area contributed by atoms with Gasteiger partial charge < -0.3 is 10.1 Å². The van der Waals surface area contributed by atoms with Crippen molar-refractivity contribution >= 4 is 0 Å². The van der Waals surface area contributed by atoms with Gasteiger partial charge in [-0.25, -0.2) is 0 Å². The average Bonchev–Trinajstić information content (AvgIpc) is 2.38. The number of pyridine rings is 1. The molecule has 1 aromatic rings. The lowest BCUT2D eigenvalue weighted by molar-refractivity contribution is 0.0605. The smallest absolute Gasteiger partial charge is 0.0766 e. The van der Waals surface area contributed by atoms with Crippen molar-refractivity contribution in [1.82, 2.24) is 10.3 Å². The van der Waals surface area contributed by atoms with Crippen LogP contribution in [0.5, 0.6) is 0 Å². The van der Waals surface area contributed by atoms with Crippen molar-refractivity contribution in [1.29, 1.82) is 0 Å². The maximum Gasteiger partial charge on any atom is 0.0766 e. The highest BCUT2D eigenvalue weighted by molar-refractivity contribution is 5.21. The van der Waals surface area contributed by atoms with Crippen LogP contribution in [0, 0.1) is 6.92 Å². The first-order valence-corrected chi connectivity index (χ1v) is 6.90. The fourth-order valence-electron chi connectivity index (χ4n) is 2.22. The summed E-state index contributed by atoms with van der Waals surface area (Å²) in [6.07, 6.45) is 7.36. The van der Waals surface area contributed by atoms with Crippen LogP contribution >= 0.6 is 0 Å². The first-order chi connectivity index (χ1) is 8.72. The molecule has 1 rings (SSSR count).